The van der Waals surface area contributed by atoms with E-state index in [1.807, 2.05) is 42.2 Å². The Morgan fingerprint density at radius 3 is 2.36 bits per heavy atom. The van der Waals surface area contributed by atoms with Gasteiger partial charge in [-0.2, -0.15) is 10.2 Å². The van der Waals surface area contributed by atoms with Gasteiger partial charge in [0.25, 0.3) is 0 Å². The van der Waals surface area contributed by atoms with Crippen LogP contribution < -0.4 is 0 Å². The summed E-state index contributed by atoms with van der Waals surface area (Å²) in [6.45, 7) is 0. The second-order valence-electron chi connectivity index (χ2n) is 7.96. The molecule has 3 aromatic heterocycles. The number of rotatable bonds is 7. The Morgan fingerprint density at radius 2 is 1.61 bits per heavy atom. The molecule has 0 N–H and O–H groups in total. The van der Waals surface area contributed by atoms with Crippen LogP contribution in [0, 0.1) is 0 Å². The maximum Gasteiger partial charge on any atom is 0.155 e. The molecule has 33 heavy (non-hydrogen) atoms. The number of nitrogens with zero attached hydrogens (tertiary/aromatic N) is 6. The maximum atomic E-state index is 6.42. The first-order valence-electron chi connectivity index (χ1n) is 10.8. The number of aromatic nitrogens is 6. The van der Waals surface area contributed by atoms with Crippen molar-refractivity contribution < 1.29 is 0 Å². The molecule has 0 saturated carbocycles. The fraction of sp³-hybridized carbons (Fsp3) is 0.154. The lowest BCUT2D eigenvalue weighted by Gasteiger charge is -2.11. The largest absolute Gasteiger partial charge is 0.274 e. The fourth-order valence-electron chi connectivity index (χ4n) is 3.92. The summed E-state index contributed by atoms with van der Waals surface area (Å²) >= 11 is 6.42. The Hall–Kier alpha value is -3.77. The van der Waals surface area contributed by atoms with Gasteiger partial charge in [-0.3, -0.25) is 9.67 Å². The quantitative estimate of drug-likeness (QED) is 0.353. The SMILES string of the molecule is Cn1cc(Cl)c(Cc2nc(Cc3cccnc3)nn2-c2ccccc2Cc2ccccc2)n1. The van der Waals surface area contributed by atoms with E-state index < -0.39 is 0 Å². The zero-order valence-electron chi connectivity index (χ0n) is 18.3. The van der Waals surface area contributed by atoms with Crippen molar-refractivity contribution in [2.75, 3.05) is 0 Å². The lowest BCUT2D eigenvalue weighted by atomic mass is 10.0. The Morgan fingerprint density at radius 1 is 0.818 bits per heavy atom. The molecule has 0 saturated heterocycles. The molecule has 5 aromatic rings. The standard InChI is InChI=1S/C26H23ClN6/c1-32-18-22(27)23(30-32)16-26-29-25(15-20-10-7-13-28-17-20)31-33(26)24-12-6-5-11-21(24)14-19-8-3-2-4-9-19/h2-13,17-18H,14-16H2,1H3. The molecule has 0 bridgehead atoms. The van der Waals surface area contributed by atoms with E-state index >= 15 is 0 Å². The lowest BCUT2D eigenvalue weighted by Crippen LogP contribution is -2.08. The summed E-state index contributed by atoms with van der Waals surface area (Å²) in [7, 11) is 1.86. The monoisotopic (exact) mass is 454 g/mol. The van der Waals surface area contributed by atoms with Crippen molar-refractivity contribution in [2.24, 2.45) is 7.05 Å². The molecule has 5 rings (SSSR count). The zero-order chi connectivity index (χ0) is 22.6. The van der Waals surface area contributed by atoms with E-state index in [-0.39, 0.29) is 0 Å². The lowest BCUT2D eigenvalue weighted by molar-refractivity contribution is 0.733. The topological polar surface area (TPSA) is 61.4 Å². The molecule has 0 aliphatic heterocycles. The molecule has 164 valence electrons. The predicted molar refractivity (Wildman–Crippen MR) is 129 cm³/mol. The molecular formula is C26H23ClN6. The highest BCUT2D eigenvalue weighted by Crippen LogP contribution is 2.23. The van der Waals surface area contributed by atoms with Crippen molar-refractivity contribution >= 4 is 11.6 Å². The minimum absolute atomic E-state index is 0.486. The highest BCUT2D eigenvalue weighted by molar-refractivity contribution is 6.31. The fourth-order valence-corrected chi connectivity index (χ4v) is 4.16. The average molecular weight is 455 g/mol. The van der Waals surface area contributed by atoms with Crippen molar-refractivity contribution in [2.45, 2.75) is 19.3 Å². The number of halogens is 1. The Kier molecular flexibility index (Phi) is 6.00. The van der Waals surface area contributed by atoms with Gasteiger partial charge in [0, 0.05) is 32.1 Å². The van der Waals surface area contributed by atoms with E-state index in [4.69, 9.17) is 21.7 Å². The van der Waals surface area contributed by atoms with Crippen molar-refractivity contribution in [3.8, 4) is 5.69 Å². The summed E-state index contributed by atoms with van der Waals surface area (Å²) in [5.74, 6) is 1.54. The summed E-state index contributed by atoms with van der Waals surface area (Å²) in [5, 5.41) is 10.1. The number of hydrogen-bond donors (Lipinski definition) is 0. The van der Waals surface area contributed by atoms with Crippen LogP contribution in [0.5, 0.6) is 0 Å². The van der Waals surface area contributed by atoms with Crippen LogP contribution in [-0.2, 0) is 26.3 Å². The van der Waals surface area contributed by atoms with E-state index in [0.29, 0.717) is 17.9 Å². The molecule has 0 spiro atoms. The minimum Gasteiger partial charge on any atom is -0.274 e. The Labute approximate surface area is 197 Å². The molecular weight excluding hydrogens is 432 g/mol. The van der Waals surface area contributed by atoms with Gasteiger partial charge in [0.05, 0.1) is 22.8 Å². The molecule has 0 aliphatic rings. The van der Waals surface area contributed by atoms with Crippen molar-refractivity contribution in [1.29, 1.82) is 0 Å². The van der Waals surface area contributed by atoms with Gasteiger partial charge in [0.1, 0.15) is 5.82 Å². The Balaban J connectivity index is 1.56. The number of pyridine rings is 1. The first kappa shape index (κ1) is 21.1. The second-order valence-corrected chi connectivity index (χ2v) is 8.37. The predicted octanol–water partition coefficient (Wildman–Crippen LogP) is 4.82. The van der Waals surface area contributed by atoms with Crippen molar-refractivity contribution in [3.05, 3.63) is 124 Å². The summed E-state index contributed by atoms with van der Waals surface area (Å²) in [6, 6.07) is 22.7. The zero-order valence-corrected chi connectivity index (χ0v) is 19.0. The second kappa shape index (κ2) is 9.38. The third kappa shape index (κ3) is 4.86. The molecule has 6 nitrogen and oxygen atoms in total. The summed E-state index contributed by atoms with van der Waals surface area (Å²) in [6.07, 6.45) is 7.31. The highest BCUT2D eigenvalue weighted by atomic mass is 35.5. The molecule has 0 atom stereocenters. The molecule has 2 aromatic carbocycles. The van der Waals surface area contributed by atoms with Gasteiger partial charge in [-0.05, 0) is 35.2 Å². The van der Waals surface area contributed by atoms with Crippen LogP contribution in [0.15, 0.2) is 85.3 Å². The van der Waals surface area contributed by atoms with E-state index in [1.54, 1.807) is 17.1 Å². The molecule has 3 heterocycles. The van der Waals surface area contributed by atoms with Crippen LogP contribution in [0.25, 0.3) is 5.69 Å². The van der Waals surface area contributed by atoms with Crippen LogP contribution in [0.4, 0.5) is 0 Å². The van der Waals surface area contributed by atoms with Crippen LogP contribution in [0.1, 0.15) is 34.0 Å². The summed E-state index contributed by atoms with van der Waals surface area (Å²) in [5.41, 5.74) is 5.27. The van der Waals surface area contributed by atoms with Crippen molar-refractivity contribution in [1.82, 2.24) is 29.5 Å². The number of aryl methyl sites for hydroxylation is 1. The van der Waals surface area contributed by atoms with Crippen molar-refractivity contribution in [3.63, 3.8) is 0 Å². The maximum absolute atomic E-state index is 6.42. The third-order valence-corrected chi connectivity index (χ3v) is 5.76. The smallest absolute Gasteiger partial charge is 0.155 e. The molecule has 0 unspecified atom stereocenters. The van der Waals surface area contributed by atoms with Crippen LogP contribution >= 0.6 is 11.6 Å². The number of hydrogen-bond acceptors (Lipinski definition) is 4. The summed E-state index contributed by atoms with van der Waals surface area (Å²) < 4.78 is 3.66. The summed E-state index contributed by atoms with van der Waals surface area (Å²) in [4.78, 5) is 9.11. The molecule has 0 amide bonds. The molecule has 7 heteroatoms. The van der Waals surface area contributed by atoms with Gasteiger partial charge in [0.2, 0.25) is 0 Å². The van der Waals surface area contributed by atoms with Gasteiger partial charge in [-0.15, -0.1) is 0 Å². The third-order valence-electron chi connectivity index (χ3n) is 5.44. The van der Waals surface area contributed by atoms with Crippen LogP contribution in [0.3, 0.4) is 0 Å². The minimum atomic E-state index is 0.486. The number of para-hydroxylation sites is 1. The van der Waals surface area contributed by atoms with Gasteiger partial charge >= 0.3 is 0 Å². The van der Waals surface area contributed by atoms with Gasteiger partial charge < -0.3 is 0 Å². The van der Waals surface area contributed by atoms with E-state index in [2.05, 4.69) is 52.5 Å². The normalized spacial score (nSPS) is 11.1. The van der Waals surface area contributed by atoms with E-state index in [0.717, 1.165) is 35.0 Å². The van der Waals surface area contributed by atoms with Crippen LogP contribution in [-0.4, -0.2) is 29.5 Å². The van der Waals surface area contributed by atoms with Gasteiger partial charge in [-0.1, -0.05) is 66.2 Å². The Bertz CT molecular complexity index is 1360. The van der Waals surface area contributed by atoms with E-state index in [1.165, 1.54) is 11.1 Å². The van der Waals surface area contributed by atoms with Crippen LogP contribution in [0.2, 0.25) is 5.02 Å². The molecule has 0 aliphatic carbocycles. The van der Waals surface area contributed by atoms with Gasteiger partial charge in [0.15, 0.2) is 5.82 Å². The first-order valence-corrected chi connectivity index (χ1v) is 11.2. The first-order chi connectivity index (χ1) is 16.2. The van der Waals surface area contributed by atoms with E-state index in [9.17, 15) is 0 Å². The molecule has 0 fully saturated rings. The van der Waals surface area contributed by atoms with Gasteiger partial charge in [-0.25, -0.2) is 9.67 Å². The highest BCUT2D eigenvalue weighted by Gasteiger charge is 2.18. The number of benzene rings is 2. The average Bonchev–Trinajstić information content (AvgIpc) is 3.37. The molecule has 0 radical (unpaired) electrons.